The van der Waals surface area contributed by atoms with Crippen molar-refractivity contribution in [2.45, 2.75) is 6.42 Å². The first-order valence-electron chi connectivity index (χ1n) is 6.76. The van der Waals surface area contributed by atoms with Crippen LogP contribution in [0.4, 0.5) is 5.69 Å². The number of carboxylic acids is 1. The number of likely N-dealkylation sites (N-methyl/N-ethyl adjacent to an activating group) is 1. The number of hydrogen-bond donors (Lipinski definition) is 2. The van der Waals surface area contributed by atoms with E-state index in [0.29, 0.717) is 5.82 Å². The molecule has 1 aliphatic rings. The molecule has 1 aromatic carbocycles. The molecule has 0 spiro atoms. The predicted molar refractivity (Wildman–Crippen MR) is 77.1 cm³/mol. The van der Waals surface area contributed by atoms with Gasteiger partial charge in [-0.3, -0.25) is 4.79 Å². The molecule has 2 heterocycles. The predicted octanol–water partition coefficient (Wildman–Crippen LogP) is 0.942. The minimum atomic E-state index is -0.872. The summed E-state index contributed by atoms with van der Waals surface area (Å²) >= 11 is 0. The number of aromatic amines is 1. The van der Waals surface area contributed by atoms with Crippen LogP contribution in [0.5, 0.6) is 0 Å². The highest BCUT2D eigenvalue weighted by Crippen LogP contribution is 2.22. The van der Waals surface area contributed by atoms with Crippen LogP contribution in [0.2, 0.25) is 0 Å². The van der Waals surface area contributed by atoms with E-state index < -0.39 is 5.97 Å². The fourth-order valence-corrected chi connectivity index (χ4v) is 2.54. The summed E-state index contributed by atoms with van der Waals surface area (Å²) in [6.45, 7) is 4.13. The zero-order valence-corrected chi connectivity index (χ0v) is 11.5. The molecule has 0 aliphatic carbocycles. The molecule has 3 rings (SSSR count). The van der Waals surface area contributed by atoms with Crippen molar-refractivity contribution in [2.24, 2.45) is 0 Å². The fourth-order valence-electron chi connectivity index (χ4n) is 2.54. The van der Waals surface area contributed by atoms with E-state index in [4.69, 9.17) is 5.11 Å². The van der Waals surface area contributed by atoms with Gasteiger partial charge in [-0.1, -0.05) is 0 Å². The molecule has 0 atom stereocenters. The Morgan fingerprint density at radius 2 is 2.10 bits per heavy atom. The highest BCUT2D eigenvalue weighted by Gasteiger charge is 2.15. The van der Waals surface area contributed by atoms with Crippen molar-refractivity contribution >= 4 is 22.7 Å². The van der Waals surface area contributed by atoms with Crippen LogP contribution >= 0.6 is 0 Å². The van der Waals surface area contributed by atoms with E-state index in [0.717, 1.165) is 42.9 Å². The molecule has 0 unspecified atom stereocenters. The normalized spacial score (nSPS) is 16.8. The summed E-state index contributed by atoms with van der Waals surface area (Å²) in [7, 11) is 2.13. The number of benzene rings is 1. The van der Waals surface area contributed by atoms with Crippen molar-refractivity contribution in [3.8, 4) is 0 Å². The first-order chi connectivity index (χ1) is 9.61. The number of piperazine rings is 1. The second-order valence-corrected chi connectivity index (χ2v) is 5.25. The van der Waals surface area contributed by atoms with Crippen molar-refractivity contribution in [3.63, 3.8) is 0 Å². The van der Waals surface area contributed by atoms with E-state index in [2.05, 4.69) is 32.9 Å². The van der Waals surface area contributed by atoms with Crippen LogP contribution in [0.25, 0.3) is 11.0 Å². The second kappa shape index (κ2) is 5.13. The van der Waals surface area contributed by atoms with Gasteiger partial charge in [0, 0.05) is 31.9 Å². The maximum absolute atomic E-state index is 10.7. The van der Waals surface area contributed by atoms with Gasteiger partial charge in [0.25, 0.3) is 0 Å². The maximum Gasteiger partial charge on any atom is 0.311 e. The van der Waals surface area contributed by atoms with E-state index in [1.807, 2.05) is 12.1 Å². The van der Waals surface area contributed by atoms with Gasteiger partial charge in [0.15, 0.2) is 0 Å². The summed E-state index contributed by atoms with van der Waals surface area (Å²) in [6, 6.07) is 6.07. The quantitative estimate of drug-likeness (QED) is 0.871. The summed E-state index contributed by atoms with van der Waals surface area (Å²) in [5.41, 5.74) is 2.87. The van der Waals surface area contributed by atoms with E-state index in [9.17, 15) is 4.79 Å². The van der Waals surface area contributed by atoms with Crippen LogP contribution in [-0.4, -0.2) is 59.2 Å². The lowest BCUT2D eigenvalue weighted by Crippen LogP contribution is -2.44. The molecule has 1 aromatic heterocycles. The molecule has 0 amide bonds. The van der Waals surface area contributed by atoms with Crippen molar-refractivity contribution in [1.82, 2.24) is 14.9 Å². The van der Waals surface area contributed by atoms with Gasteiger partial charge in [0.2, 0.25) is 0 Å². The second-order valence-electron chi connectivity index (χ2n) is 5.25. The van der Waals surface area contributed by atoms with Gasteiger partial charge in [-0.25, -0.2) is 4.98 Å². The third kappa shape index (κ3) is 2.60. The number of nitrogens with zero attached hydrogens (tertiary/aromatic N) is 3. The van der Waals surface area contributed by atoms with Crippen LogP contribution in [0, 0.1) is 0 Å². The van der Waals surface area contributed by atoms with E-state index in [1.165, 1.54) is 0 Å². The lowest BCUT2D eigenvalue weighted by molar-refractivity contribution is -0.136. The fraction of sp³-hybridized carbons (Fsp3) is 0.429. The molecule has 0 saturated carbocycles. The Bertz CT molecular complexity index is 629. The highest BCUT2D eigenvalue weighted by molar-refractivity contribution is 5.80. The first-order valence-corrected chi connectivity index (χ1v) is 6.76. The summed E-state index contributed by atoms with van der Waals surface area (Å²) in [5, 5.41) is 8.80. The molecular formula is C14H18N4O2. The highest BCUT2D eigenvalue weighted by atomic mass is 16.4. The number of aromatic nitrogens is 2. The molecule has 1 aliphatic heterocycles. The lowest BCUT2D eigenvalue weighted by atomic mass is 10.2. The average Bonchev–Trinajstić information content (AvgIpc) is 2.79. The smallest absolute Gasteiger partial charge is 0.311 e. The van der Waals surface area contributed by atoms with E-state index in [1.54, 1.807) is 0 Å². The lowest BCUT2D eigenvalue weighted by Gasteiger charge is -2.34. The molecule has 106 valence electrons. The van der Waals surface area contributed by atoms with Gasteiger partial charge in [0.1, 0.15) is 12.2 Å². The maximum atomic E-state index is 10.7. The number of rotatable bonds is 3. The molecule has 2 N–H and O–H groups in total. The van der Waals surface area contributed by atoms with Crippen molar-refractivity contribution in [1.29, 1.82) is 0 Å². The number of nitrogens with one attached hydrogen (secondary N) is 1. The topological polar surface area (TPSA) is 72.5 Å². The zero-order chi connectivity index (χ0) is 14.1. The molecule has 2 aromatic rings. The molecule has 20 heavy (non-hydrogen) atoms. The minimum absolute atomic E-state index is 0.0709. The van der Waals surface area contributed by atoms with Gasteiger partial charge in [-0.15, -0.1) is 0 Å². The van der Waals surface area contributed by atoms with Crippen LogP contribution < -0.4 is 4.90 Å². The Labute approximate surface area is 117 Å². The van der Waals surface area contributed by atoms with Crippen LogP contribution in [0.1, 0.15) is 5.82 Å². The molecule has 6 nitrogen and oxygen atoms in total. The SMILES string of the molecule is CN1CCN(c2ccc3[nH]c(CC(=O)O)nc3c2)CC1. The van der Waals surface area contributed by atoms with Gasteiger partial charge in [-0.05, 0) is 25.2 Å². The Hall–Kier alpha value is -2.08. The zero-order valence-electron chi connectivity index (χ0n) is 11.5. The number of H-pyrrole nitrogens is 1. The molecular weight excluding hydrogens is 256 g/mol. The van der Waals surface area contributed by atoms with Crippen molar-refractivity contribution < 1.29 is 9.90 Å². The Kier molecular flexibility index (Phi) is 3.31. The molecule has 1 saturated heterocycles. The van der Waals surface area contributed by atoms with Crippen molar-refractivity contribution in [3.05, 3.63) is 24.0 Å². The largest absolute Gasteiger partial charge is 0.481 e. The number of imidazole rings is 1. The summed E-state index contributed by atoms with van der Waals surface area (Å²) < 4.78 is 0. The Morgan fingerprint density at radius 1 is 1.35 bits per heavy atom. The molecule has 0 bridgehead atoms. The van der Waals surface area contributed by atoms with Crippen molar-refractivity contribution in [2.75, 3.05) is 38.1 Å². The number of carbonyl (C=O) groups is 1. The first kappa shape index (κ1) is 12.9. The number of anilines is 1. The molecule has 6 heteroatoms. The summed E-state index contributed by atoms with van der Waals surface area (Å²) in [6.07, 6.45) is -0.0709. The third-order valence-corrected chi connectivity index (χ3v) is 3.70. The van der Waals surface area contributed by atoms with Gasteiger partial charge in [0.05, 0.1) is 11.0 Å². The monoisotopic (exact) mass is 274 g/mol. The van der Waals surface area contributed by atoms with Crippen LogP contribution in [-0.2, 0) is 11.2 Å². The summed E-state index contributed by atoms with van der Waals surface area (Å²) in [5.74, 6) is -0.369. The number of aliphatic carboxylic acids is 1. The molecule has 0 radical (unpaired) electrons. The molecule has 1 fully saturated rings. The minimum Gasteiger partial charge on any atom is -0.481 e. The van der Waals surface area contributed by atoms with E-state index >= 15 is 0 Å². The Morgan fingerprint density at radius 3 is 2.80 bits per heavy atom. The third-order valence-electron chi connectivity index (χ3n) is 3.70. The van der Waals surface area contributed by atoms with Gasteiger partial charge < -0.3 is 19.9 Å². The number of fused-ring (bicyclic) bond motifs is 1. The van der Waals surface area contributed by atoms with Crippen LogP contribution in [0.3, 0.4) is 0 Å². The standard InChI is InChI=1S/C14H18N4O2/c1-17-4-6-18(7-5-17)10-2-3-11-12(8-10)16-13(15-11)9-14(19)20/h2-3,8H,4-7,9H2,1H3,(H,15,16)(H,19,20). The van der Waals surface area contributed by atoms with E-state index in [-0.39, 0.29) is 6.42 Å². The number of carboxylic acid groups (broad SMARTS) is 1. The Balaban J connectivity index is 1.84. The van der Waals surface area contributed by atoms with Gasteiger partial charge in [-0.2, -0.15) is 0 Å². The summed E-state index contributed by atoms with van der Waals surface area (Å²) in [4.78, 5) is 22.8. The average molecular weight is 274 g/mol. The number of hydrogen-bond acceptors (Lipinski definition) is 4. The van der Waals surface area contributed by atoms with Gasteiger partial charge >= 0.3 is 5.97 Å². The van der Waals surface area contributed by atoms with Crippen LogP contribution in [0.15, 0.2) is 18.2 Å².